The third-order valence-electron chi connectivity index (χ3n) is 2.43. The molecule has 1 aromatic heterocycles. The maximum absolute atomic E-state index is 5.78. The smallest absolute Gasteiger partial charge is 0.193 e. The molecule has 2 rings (SSSR count). The molecule has 0 aliphatic rings. The Morgan fingerprint density at radius 2 is 2.11 bits per heavy atom. The molecule has 0 bridgehead atoms. The number of anilines is 1. The lowest BCUT2D eigenvalue weighted by molar-refractivity contribution is 0.585. The summed E-state index contributed by atoms with van der Waals surface area (Å²) in [6.07, 6.45) is 4.63. The van der Waals surface area contributed by atoms with Crippen LogP contribution in [0.25, 0.3) is 0 Å². The minimum absolute atomic E-state index is 0.446. The van der Waals surface area contributed by atoms with Gasteiger partial charge >= 0.3 is 0 Å². The van der Waals surface area contributed by atoms with E-state index in [0.29, 0.717) is 12.5 Å². The van der Waals surface area contributed by atoms with Crippen LogP contribution < -0.4 is 11.1 Å². The number of aromatic nitrogens is 2. The highest BCUT2D eigenvalue weighted by Gasteiger charge is 1.94. The van der Waals surface area contributed by atoms with E-state index in [2.05, 4.69) is 15.4 Å². The van der Waals surface area contributed by atoms with Crippen LogP contribution in [0.4, 0.5) is 5.69 Å². The minimum atomic E-state index is 0.446. The van der Waals surface area contributed by atoms with E-state index >= 15 is 0 Å². The molecule has 94 valence electrons. The summed E-state index contributed by atoms with van der Waals surface area (Å²) in [5.74, 6) is 0.446. The van der Waals surface area contributed by atoms with Crippen LogP contribution in [0.5, 0.6) is 0 Å². The van der Waals surface area contributed by atoms with Gasteiger partial charge in [-0.1, -0.05) is 18.2 Å². The van der Waals surface area contributed by atoms with Crippen LogP contribution in [0, 0.1) is 0 Å². The van der Waals surface area contributed by atoms with Gasteiger partial charge < -0.3 is 11.1 Å². The zero-order chi connectivity index (χ0) is 12.6. The summed E-state index contributed by atoms with van der Waals surface area (Å²) in [7, 11) is 0. The summed E-state index contributed by atoms with van der Waals surface area (Å²) in [6, 6.07) is 11.7. The van der Waals surface area contributed by atoms with Crippen molar-refractivity contribution in [1.29, 1.82) is 0 Å². The Balaban J connectivity index is 1.72. The molecule has 0 aliphatic heterocycles. The zero-order valence-corrected chi connectivity index (χ0v) is 10.2. The molecule has 1 heterocycles. The largest absolute Gasteiger partial charge is 0.370 e. The molecule has 2 aromatic rings. The van der Waals surface area contributed by atoms with E-state index in [1.54, 1.807) is 6.20 Å². The first-order valence-corrected chi connectivity index (χ1v) is 5.94. The first kappa shape index (κ1) is 12.2. The Bertz CT molecular complexity index is 475. The Kier molecular flexibility index (Phi) is 4.35. The summed E-state index contributed by atoms with van der Waals surface area (Å²) < 4.78 is 1.89. The Hall–Kier alpha value is -2.30. The highest BCUT2D eigenvalue weighted by molar-refractivity contribution is 5.92. The second-order valence-electron chi connectivity index (χ2n) is 3.88. The number of aliphatic imine (C=N–C) groups is 1. The normalized spacial score (nSPS) is 11.4. The summed E-state index contributed by atoms with van der Waals surface area (Å²) in [5.41, 5.74) is 6.73. The van der Waals surface area contributed by atoms with Gasteiger partial charge in [0.2, 0.25) is 0 Å². The Labute approximate surface area is 106 Å². The molecule has 5 heteroatoms. The molecule has 0 atom stereocenters. The van der Waals surface area contributed by atoms with Gasteiger partial charge in [-0.15, -0.1) is 0 Å². The summed E-state index contributed by atoms with van der Waals surface area (Å²) in [4.78, 5) is 4.26. The molecule has 5 nitrogen and oxygen atoms in total. The van der Waals surface area contributed by atoms with E-state index < -0.39 is 0 Å². The number of guanidine groups is 1. The molecule has 0 radical (unpaired) electrons. The molecule has 0 amide bonds. The molecule has 0 saturated carbocycles. The standard InChI is InChI=1S/C13H17N5/c14-13(17-12-6-2-1-3-7-12)15-8-4-10-18-11-5-9-16-18/h1-3,5-7,9,11H,4,8,10H2,(H3,14,15,17). The van der Waals surface area contributed by atoms with Crippen LogP contribution >= 0.6 is 0 Å². The predicted octanol–water partition coefficient (Wildman–Crippen LogP) is 1.70. The van der Waals surface area contributed by atoms with Gasteiger partial charge in [0.15, 0.2) is 5.96 Å². The number of para-hydroxylation sites is 1. The molecule has 0 spiro atoms. The van der Waals surface area contributed by atoms with Crippen molar-refractivity contribution in [3.05, 3.63) is 48.8 Å². The topological polar surface area (TPSA) is 68.2 Å². The minimum Gasteiger partial charge on any atom is -0.370 e. The van der Waals surface area contributed by atoms with Crippen molar-refractivity contribution in [1.82, 2.24) is 9.78 Å². The molecule has 0 unspecified atom stereocenters. The highest BCUT2D eigenvalue weighted by atomic mass is 15.3. The van der Waals surface area contributed by atoms with Gasteiger partial charge in [0.25, 0.3) is 0 Å². The number of aryl methyl sites for hydroxylation is 1. The monoisotopic (exact) mass is 243 g/mol. The summed E-state index contributed by atoms with van der Waals surface area (Å²) >= 11 is 0. The lowest BCUT2D eigenvalue weighted by Crippen LogP contribution is -2.22. The predicted molar refractivity (Wildman–Crippen MR) is 73.4 cm³/mol. The van der Waals surface area contributed by atoms with Crippen molar-refractivity contribution in [2.24, 2.45) is 10.7 Å². The van der Waals surface area contributed by atoms with Crippen LogP contribution in [0.15, 0.2) is 53.8 Å². The van der Waals surface area contributed by atoms with Gasteiger partial charge in [0, 0.05) is 31.2 Å². The number of hydrogen-bond donors (Lipinski definition) is 2. The zero-order valence-electron chi connectivity index (χ0n) is 10.2. The maximum atomic E-state index is 5.78. The molecular weight excluding hydrogens is 226 g/mol. The van der Waals surface area contributed by atoms with Gasteiger partial charge in [0.05, 0.1) is 0 Å². The highest BCUT2D eigenvalue weighted by Crippen LogP contribution is 2.03. The van der Waals surface area contributed by atoms with Crippen molar-refractivity contribution in [2.75, 3.05) is 11.9 Å². The molecule has 0 saturated heterocycles. The fourth-order valence-corrected chi connectivity index (χ4v) is 1.57. The fourth-order valence-electron chi connectivity index (χ4n) is 1.57. The van der Waals surface area contributed by atoms with Crippen molar-refractivity contribution >= 4 is 11.6 Å². The fraction of sp³-hybridized carbons (Fsp3) is 0.231. The number of nitrogens with zero attached hydrogens (tertiary/aromatic N) is 3. The van der Waals surface area contributed by atoms with Crippen LogP contribution in [-0.4, -0.2) is 22.3 Å². The van der Waals surface area contributed by atoms with Gasteiger partial charge in [-0.2, -0.15) is 5.10 Å². The van der Waals surface area contributed by atoms with Gasteiger partial charge in [-0.05, 0) is 24.6 Å². The number of nitrogens with one attached hydrogen (secondary N) is 1. The van der Waals surface area contributed by atoms with Crippen LogP contribution in [0.2, 0.25) is 0 Å². The number of nitrogens with two attached hydrogens (primary N) is 1. The van der Waals surface area contributed by atoms with E-state index in [9.17, 15) is 0 Å². The lowest BCUT2D eigenvalue weighted by Gasteiger charge is -2.05. The van der Waals surface area contributed by atoms with Crippen LogP contribution in [0.1, 0.15) is 6.42 Å². The lowest BCUT2D eigenvalue weighted by atomic mass is 10.3. The average molecular weight is 243 g/mol. The van der Waals surface area contributed by atoms with Gasteiger partial charge in [-0.3, -0.25) is 9.67 Å². The molecule has 0 fully saturated rings. The molecule has 3 N–H and O–H groups in total. The Morgan fingerprint density at radius 3 is 2.83 bits per heavy atom. The van der Waals surface area contributed by atoms with Crippen molar-refractivity contribution in [3.63, 3.8) is 0 Å². The van der Waals surface area contributed by atoms with Crippen molar-refractivity contribution in [2.45, 2.75) is 13.0 Å². The first-order chi connectivity index (χ1) is 8.84. The summed E-state index contributed by atoms with van der Waals surface area (Å²) in [6.45, 7) is 1.54. The maximum Gasteiger partial charge on any atom is 0.193 e. The molecule has 1 aromatic carbocycles. The van der Waals surface area contributed by atoms with E-state index in [1.165, 1.54) is 0 Å². The van der Waals surface area contributed by atoms with Gasteiger partial charge in [-0.25, -0.2) is 0 Å². The third kappa shape index (κ3) is 3.93. The number of rotatable bonds is 5. The number of benzene rings is 1. The van der Waals surface area contributed by atoms with Gasteiger partial charge in [0.1, 0.15) is 0 Å². The van der Waals surface area contributed by atoms with Crippen molar-refractivity contribution in [3.8, 4) is 0 Å². The number of hydrogen-bond acceptors (Lipinski definition) is 2. The summed E-state index contributed by atoms with van der Waals surface area (Å²) in [5, 5.41) is 7.16. The van der Waals surface area contributed by atoms with Crippen molar-refractivity contribution < 1.29 is 0 Å². The molecule has 18 heavy (non-hydrogen) atoms. The van der Waals surface area contributed by atoms with E-state index in [4.69, 9.17) is 5.73 Å². The third-order valence-corrected chi connectivity index (χ3v) is 2.43. The SMILES string of the molecule is NC(=NCCCn1cccn1)Nc1ccccc1. The second kappa shape index (κ2) is 6.44. The Morgan fingerprint density at radius 1 is 1.28 bits per heavy atom. The first-order valence-electron chi connectivity index (χ1n) is 5.94. The quantitative estimate of drug-likeness (QED) is 0.477. The van der Waals surface area contributed by atoms with Crippen LogP contribution in [-0.2, 0) is 6.54 Å². The van der Waals surface area contributed by atoms with Crippen LogP contribution in [0.3, 0.4) is 0 Å². The average Bonchev–Trinajstić information content (AvgIpc) is 2.89. The van der Waals surface area contributed by atoms with E-state index in [-0.39, 0.29) is 0 Å². The second-order valence-corrected chi connectivity index (χ2v) is 3.88. The van der Waals surface area contributed by atoms with E-state index in [0.717, 1.165) is 18.7 Å². The molecular formula is C13H17N5. The molecule has 0 aliphatic carbocycles. The van der Waals surface area contributed by atoms with E-state index in [1.807, 2.05) is 47.3 Å².